The van der Waals surface area contributed by atoms with Crippen molar-refractivity contribution in [2.24, 2.45) is 11.7 Å². The smallest absolute Gasteiger partial charge is 0.122 e. The van der Waals surface area contributed by atoms with Gasteiger partial charge in [-0.05, 0) is 37.5 Å². The Balaban J connectivity index is 2.29. The van der Waals surface area contributed by atoms with Crippen LogP contribution < -0.4 is 10.5 Å². The van der Waals surface area contributed by atoms with Gasteiger partial charge in [0.25, 0.3) is 0 Å². The maximum Gasteiger partial charge on any atom is 0.122 e. The highest BCUT2D eigenvalue weighted by Gasteiger charge is 2.23. The molecule has 1 heterocycles. The van der Waals surface area contributed by atoms with Gasteiger partial charge in [0.15, 0.2) is 0 Å². The van der Waals surface area contributed by atoms with Crippen LogP contribution in [0.15, 0.2) is 18.2 Å². The average Bonchev–Trinajstić information content (AvgIpc) is 2.18. The highest BCUT2D eigenvalue weighted by atomic mass is 16.5. The summed E-state index contributed by atoms with van der Waals surface area (Å²) < 4.78 is 5.70. The quantitative estimate of drug-likeness (QED) is 0.735. The van der Waals surface area contributed by atoms with E-state index < -0.39 is 0 Å². The number of rotatable bonds is 1. The van der Waals surface area contributed by atoms with E-state index in [0.29, 0.717) is 5.92 Å². The Labute approximate surface area is 85.1 Å². The Morgan fingerprint density at radius 3 is 3.00 bits per heavy atom. The van der Waals surface area contributed by atoms with Crippen LogP contribution in [0.5, 0.6) is 5.75 Å². The van der Waals surface area contributed by atoms with Gasteiger partial charge in [0.05, 0.1) is 6.61 Å². The van der Waals surface area contributed by atoms with Gasteiger partial charge in [0.2, 0.25) is 0 Å². The second kappa shape index (κ2) is 3.62. The molecule has 0 amide bonds. The van der Waals surface area contributed by atoms with E-state index in [1.807, 2.05) is 12.1 Å². The number of aryl methyl sites for hydroxylation is 1. The van der Waals surface area contributed by atoms with Crippen LogP contribution in [0.2, 0.25) is 0 Å². The monoisotopic (exact) mass is 191 g/mol. The molecule has 0 saturated heterocycles. The van der Waals surface area contributed by atoms with E-state index in [1.165, 1.54) is 11.1 Å². The van der Waals surface area contributed by atoms with E-state index in [0.717, 1.165) is 18.8 Å². The Morgan fingerprint density at radius 1 is 1.50 bits per heavy atom. The molecule has 1 unspecified atom stereocenters. The second-order valence-electron chi connectivity index (χ2n) is 4.19. The summed E-state index contributed by atoms with van der Waals surface area (Å²) in [4.78, 5) is 0. The molecule has 76 valence electrons. The van der Waals surface area contributed by atoms with E-state index in [1.54, 1.807) is 0 Å². The Bertz CT molecular complexity index is 333. The predicted molar refractivity (Wildman–Crippen MR) is 57.5 cm³/mol. The van der Waals surface area contributed by atoms with Crippen LogP contribution in [0.4, 0.5) is 0 Å². The fourth-order valence-corrected chi connectivity index (χ4v) is 1.93. The molecule has 0 radical (unpaired) electrons. The number of fused-ring (bicyclic) bond motifs is 1. The Hall–Kier alpha value is -1.02. The maximum absolute atomic E-state index is 5.89. The van der Waals surface area contributed by atoms with Gasteiger partial charge < -0.3 is 10.5 Å². The lowest BCUT2D eigenvalue weighted by atomic mass is 9.89. The van der Waals surface area contributed by atoms with Crippen molar-refractivity contribution in [1.82, 2.24) is 0 Å². The zero-order valence-corrected chi connectivity index (χ0v) is 8.79. The molecule has 1 aromatic rings. The Kier molecular flexibility index (Phi) is 2.46. The van der Waals surface area contributed by atoms with Crippen LogP contribution in [0.25, 0.3) is 0 Å². The van der Waals surface area contributed by atoms with Crippen LogP contribution >= 0.6 is 0 Å². The van der Waals surface area contributed by atoms with E-state index >= 15 is 0 Å². The molecule has 0 aromatic heterocycles. The summed E-state index contributed by atoms with van der Waals surface area (Å²) in [7, 11) is 0. The minimum atomic E-state index is 0.211. The van der Waals surface area contributed by atoms with Gasteiger partial charge in [0.1, 0.15) is 5.75 Å². The van der Waals surface area contributed by atoms with Crippen molar-refractivity contribution >= 4 is 0 Å². The van der Waals surface area contributed by atoms with Crippen molar-refractivity contribution in [1.29, 1.82) is 0 Å². The van der Waals surface area contributed by atoms with Crippen molar-refractivity contribution in [3.8, 4) is 5.75 Å². The topological polar surface area (TPSA) is 35.2 Å². The van der Waals surface area contributed by atoms with Crippen molar-refractivity contribution in [2.45, 2.75) is 26.3 Å². The first-order valence-electron chi connectivity index (χ1n) is 5.15. The molecule has 1 aliphatic rings. The molecule has 2 N–H and O–H groups in total. The van der Waals surface area contributed by atoms with E-state index in [4.69, 9.17) is 10.5 Å². The van der Waals surface area contributed by atoms with Gasteiger partial charge in [-0.3, -0.25) is 0 Å². The second-order valence-corrected chi connectivity index (χ2v) is 4.19. The molecule has 2 nitrogen and oxygen atoms in total. The summed E-state index contributed by atoms with van der Waals surface area (Å²) in [6.07, 6.45) is 1.06. The third-order valence-corrected chi connectivity index (χ3v) is 3.03. The van der Waals surface area contributed by atoms with Crippen molar-refractivity contribution in [2.75, 3.05) is 6.61 Å². The molecule has 0 saturated carbocycles. The number of ether oxygens (including phenoxy) is 1. The molecule has 2 heteroatoms. The predicted octanol–water partition coefficient (Wildman–Crippen LogP) is 1.89. The molecule has 14 heavy (non-hydrogen) atoms. The van der Waals surface area contributed by atoms with Crippen LogP contribution in [0.1, 0.15) is 18.1 Å². The van der Waals surface area contributed by atoms with Crippen LogP contribution in [-0.2, 0) is 6.42 Å². The summed E-state index contributed by atoms with van der Waals surface area (Å²) >= 11 is 0. The number of hydrogen-bond donors (Lipinski definition) is 1. The fourth-order valence-electron chi connectivity index (χ4n) is 1.93. The molecule has 2 atom stereocenters. The van der Waals surface area contributed by atoms with Crippen molar-refractivity contribution in [3.63, 3.8) is 0 Å². The van der Waals surface area contributed by atoms with Gasteiger partial charge in [-0.2, -0.15) is 0 Å². The van der Waals surface area contributed by atoms with E-state index in [-0.39, 0.29) is 6.04 Å². The maximum atomic E-state index is 5.89. The van der Waals surface area contributed by atoms with Crippen molar-refractivity contribution in [3.05, 3.63) is 29.3 Å². The molecule has 1 aromatic carbocycles. The number of hydrogen-bond acceptors (Lipinski definition) is 2. The minimum absolute atomic E-state index is 0.211. The van der Waals surface area contributed by atoms with Gasteiger partial charge in [-0.1, -0.05) is 12.1 Å². The molecular formula is C12H17NO. The normalized spacial score (nSPS) is 22.4. The minimum Gasteiger partial charge on any atom is -0.493 e. The molecule has 0 bridgehead atoms. The molecule has 2 rings (SSSR count). The molecule has 1 aliphatic heterocycles. The summed E-state index contributed by atoms with van der Waals surface area (Å²) in [5.41, 5.74) is 8.54. The summed E-state index contributed by atoms with van der Waals surface area (Å²) in [6, 6.07) is 6.43. The zero-order chi connectivity index (χ0) is 10.1. The Morgan fingerprint density at radius 2 is 2.29 bits per heavy atom. The first-order valence-corrected chi connectivity index (χ1v) is 5.15. The largest absolute Gasteiger partial charge is 0.493 e. The first-order chi connectivity index (χ1) is 6.68. The lowest BCUT2D eigenvalue weighted by Crippen LogP contribution is -2.35. The standard InChI is InChI=1S/C12H17NO/c1-8-4-3-5-12-11(8)6-10(7-14-12)9(2)13/h3-5,9-10H,6-7,13H2,1-2H3/t9-,10?/m1/s1. The van der Waals surface area contributed by atoms with Crippen LogP contribution in [0.3, 0.4) is 0 Å². The summed E-state index contributed by atoms with van der Waals surface area (Å²) in [5, 5.41) is 0. The fraction of sp³-hybridized carbons (Fsp3) is 0.500. The average molecular weight is 191 g/mol. The van der Waals surface area contributed by atoms with Crippen LogP contribution in [0, 0.1) is 12.8 Å². The lowest BCUT2D eigenvalue weighted by molar-refractivity contribution is 0.204. The molecule has 0 fully saturated rings. The zero-order valence-electron chi connectivity index (χ0n) is 8.79. The van der Waals surface area contributed by atoms with Gasteiger partial charge in [-0.15, -0.1) is 0 Å². The first kappa shape index (κ1) is 9.53. The van der Waals surface area contributed by atoms with Gasteiger partial charge >= 0.3 is 0 Å². The van der Waals surface area contributed by atoms with Gasteiger partial charge in [0, 0.05) is 12.0 Å². The molecule has 0 aliphatic carbocycles. The van der Waals surface area contributed by atoms with Crippen molar-refractivity contribution < 1.29 is 4.74 Å². The third-order valence-electron chi connectivity index (χ3n) is 3.03. The summed E-state index contributed by atoms with van der Waals surface area (Å²) in [5.74, 6) is 1.51. The lowest BCUT2D eigenvalue weighted by Gasteiger charge is -2.28. The third kappa shape index (κ3) is 1.62. The molecular weight excluding hydrogens is 174 g/mol. The highest BCUT2D eigenvalue weighted by molar-refractivity contribution is 5.41. The number of nitrogens with two attached hydrogens (primary N) is 1. The highest BCUT2D eigenvalue weighted by Crippen LogP contribution is 2.30. The van der Waals surface area contributed by atoms with Gasteiger partial charge in [-0.25, -0.2) is 0 Å². The number of benzene rings is 1. The van der Waals surface area contributed by atoms with E-state index in [9.17, 15) is 0 Å². The molecule has 0 spiro atoms. The summed E-state index contributed by atoms with van der Waals surface area (Å²) in [6.45, 7) is 4.94. The van der Waals surface area contributed by atoms with Crippen LogP contribution in [-0.4, -0.2) is 12.6 Å². The SMILES string of the molecule is Cc1cccc2c1CC([C@@H](C)N)CO2. The van der Waals surface area contributed by atoms with E-state index in [2.05, 4.69) is 19.9 Å².